The summed E-state index contributed by atoms with van der Waals surface area (Å²) in [7, 11) is 0. The molecule has 134 valence electrons. The first-order chi connectivity index (χ1) is 12.2. The Labute approximate surface area is 151 Å². The van der Waals surface area contributed by atoms with Crippen LogP contribution < -0.4 is 4.74 Å². The molecule has 1 aliphatic rings. The number of hydrogen-bond donors (Lipinski definition) is 0. The fraction of sp³-hybridized carbons (Fsp3) is 0.444. The average Bonchev–Trinajstić information content (AvgIpc) is 2.88. The third kappa shape index (κ3) is 5.70. The SMILES string of the molecule is CCCCOc1ccc(CC/C=C2\SC(=O)N(CCN=O)C2=O)cc1. The van der Waals surface area contributed by atoms with Gasteiger partial charge in [-0.3, -0.25) is 14.5 Å². The summed E-state index contributed by atoms with van der Waals surface area (Å²) in [6.45, 7) is 2.83. The van der Waals surface area contributed by atoms with Crippen LogP contribution in [-0.2, 0) is 11.2 Å². The predicted molar refractivity (Wildman–Crippen MR) is 98.6 cm³/mol. The molecule has 7 heteroatoms. The summed E-state index contributed by atoms with van der Waals surface area (Å²) in [5.41, 5.74) is 1.14. The molecule has 0 spiro atoms. The van der Waals surface area contributed by atoms with Crippen molar-refractivity contribution in [1.82, 2.24) is 4.90 Å². The minimum Gasteiger partial charge on any atom is -0.494 e. The predicted octanol–water partition coefficient (Wildman–Crippen LogP) is 4.14. The lowest BCUT2D eigenvalue weighted by atomic mass is 10.1. The first-order valence-electron chi connectivity index (χ1n) is 8.40. The van der Waals surface area contributed by atoms with Crippen molar-refractivity contribution in [2.75, 3.05) is 19.7 Å². The van der Waals surface area contributed by atoms with E-state index >= 15 is 0 Å². The van der Waals surface area contributed by atoms with Gasteiger partial charge in [-0.25, -0.2) is 0 Å². The number of hydrogen-bond acceptors (Lipinski definition) is 6. The van der Waals surface area contributed by atoms with Gasteiger partial charge in [0, 0.05) is 0 Å². The number of amides is 2. The molecule has 1 aromatic carbocycles. The van der Waals surface area contributed by atoms with Crippen LogP contribution >= 0.6 is 11.8 Å². The number of aryl methyl sites for hydroxylation is 1. The number of ether oxygens (including phenoxy) is 1. The van der Waals surface area contributed by atoms with Crippen LogP contribution in [0.4, 0.5) is 4.79 Å². The van der Waals surface area contributed by atoms with Crippen LogP contribution in [0, 0.1) is 4.91 Å². The van der Waals surface area contributed by atoms with Gasteiger partial charge < -0.3 is 4.74 Å². The molecule has 0 aliphatic carbocycles. The van der Waals surface area contributed by atoms with Gasteiger partial charge in [-0.05, 0) is 48.7 Å². The number of carbonyl (C=O) groups is 2. The lowest BCUT2D eigenvalue weighted by Gasteiger charge is -2.08. The van der Waals surface area contributed by atoms with Crippen LogP contribution in [0.1, 0.15) is 31.7 Å². The molecular formula is C18H22N2O4S. The van der Waals surface area contributed by atoms with Crippen molar-refractivity contribution < 1.29 is 14.3 Å². The number of imide groups is 1. The minimum absolute atomic E-state index is 0.0466. The Morgan fingerprint density at radius 3 is 2.68 bits per heavy atom. The van der Waals surface area contributed by atoms with Crippen LogP contribution in [-0.4, -0.2) is 35.7 Å². The summed E-state index contributed by atoms with van der Waals surface area (Å²) in [5.74, 6) is 0.528. The molecule has 1 saturated heterocycles. The van der Waals surface area contributed by atoms with Crippen molar-refractivity contribution >= 4 is 22.9 Å². The Morgan fingerprint density at radius 2 is 2.00 bits per heavy atom. The van der Waals surface area contributed by atoms with E-state index in [2.05, 4.69) is 12.1 Å². The maximum absolute atomic E-state index is 12.1. The van der Waals surface area contributed by atoms with Crippen molar-refractivity contribution in [3.8, 4) is 5.75 Å². The van der Waals surface area contributed by atoms with Gasteiger partial charge in [-0.2, -0.15) is 4.91 Å². The van der Waals surface area contributed by atoms with Crippen molar-refractivity contribution in [2.24, 2.45) is 5.18 Å². The highest BCUT2D eigenvalue weighted by Gasteiger charge is 2.34. The first kappa shape index (κ1) is 19.2. The number of rotatable bonds is 10. The van der Waals surface area contributed by atoms with Gasteiger partial charge in [0.1, 0.15) is 5.75 Å². The molecule has 1 heterocycles. The van der Waals surface area contributed by atoms with E-state index in [0.717, 1.165) is 53.8 Å². The van der Waals surface area contributed by atoms with E-state index < -0.39 is 0 Å². The van der Waals surface area contributed by atoms with E-state index in [-0.39, 0.29) is 24.2 Å². The normalized spacial score (nSPS) is 15.9. The smallest absolute Gasteiger partial charge is 0.293 e. The largest absolute Gasteiger partial charge is 0.494 e. The Balaban J connectivity index is 1.83. The van der Waals surface area contributed by atoms with Gasteiger partial charge in [0.25, 0.3) is 11.1 Å². The maximum atomic E-state index is 12.1. The Hall–Kier alpha value is -2.15. The molecule has 0 saturated carbocycles. The summed E-state index contributed by atoms with van der Waals surface area (Å²) in [5, 5.41) is 2.35. The Kier molecular flexibility index (Phi) is 7.66. The molecule has 0 N–H and O–H groups in total. The van der Waals surface area contributed by atoms with Gasteiger partial charge in [0.15, 0.2) is 0 Å². The molecule has 0 unspecified atom stereocenters. The Morgan fingerprint density at radius 1 is 1.24 bits per heavy atom. The Bertz CT molecular complexity index is 643. The number of nitroso groups, excluding NO2 is 1. The molecular weight excluding hydrogens is 340 g/mol. The molecule has 2 rings (SSSR count). The van der Waals surface area contributed by atoms with Crippen LogP contribution in [0.15, 0.2) is 40.4 Å². The van der Waals surface area contributed by atoms with E-state index in [4.69, 9.17) is 4.74 Å². The number of unbranched alkanes of at least 4 members (excludes halogenated alkanes) is 1. The highest BCUT2D eigenvalue weighted by molar-refractivity contribution is 8.18. The monoisotopic (exact) mass is 362 g/mol. The zero-order valence-electron chi connectivity index (χ0n) is 14.3. The van der Waals surface area contributed by atoms with E-state index in [1.54, 1.807) is 6.08 Å². The summed E-state index contributed by atoms with van der Waals surface area (Å²) in [4.78, 5) is 35.5. The van der Waals surface area contributed by atoms with Crippen molar-refractivity contribution in [1.29, 1.82) is 0 Å². The molecule has 1 fully saturated rings. The maximum Gasteiger partial charge on any atom is 0.293 e. The van der Waals surface area contributed by atoms with Crippen LogP contribution in [0.25, 0.3) is 0 Å². The third-order valence-corrected chi connectivity index (χ3v) is 4.70. The second kappa shape index (κ2) is 9.98. The van der Waals surface area contributed by atoms with Gasteiger partial charge in [-0.15, -0.1) is 0 Å². The van der Waals surface area contributed by atoms with Crippen molar-refractivity contribution in [2.45, 2.75) is 32.6 Å². The molecule has 1 aliphatic heterocycles. The number of nitrogens with zero attached hydrogens (tertiary/aromatic N) is 2. The molecule has 2 amide bonds. The molecule has 0 radical (unpaired) electrons. The van der Waals surface area contributed by atoms with E-state index in [9.17, 15) is 14.5 Å². The van der Waals surface area contributed by atoms with Crippen LogP contribution in [0.2, 0.25) is 0 Å². The van der Waals surface area contributed by atoms with Crippen LogP contribution in [0.5, 0.6) is 5.75 Å². The molecule has 0 bridgehead atoms. The van der Waals surface area contributed by atoms with Gasteiger partial charge in [-0.1, -0.05) is 36.7 Å². The fourth-order valence-corrected chi connectivity index (χ4v) is 3.20. The van der Waals surface area contributed by atoms with Gasteiger partial charge >= 0.3 is 0 Å². The summed E-state index contributed by atoms with van der Waals surface area (Å²) < 4.78 is 5.62. The number of allylic oxidation sites excluding steroid dienone is 1. The zero-order valence-corrected chi connectivity index (χ0v) is 15.1. The van der Waals surface area contributed by atoms with Gasteiger partial charge in [0.05, 0.1) is 24.6 Å². The second-order valence-electron chi connectivity index (χ2n) is 5.63. The average molecular weight is 362 g/mol. The standard InChI is InChI=1S/C18H22N2O4S/c1-2-3-13-24-15-9-7-14(8-10-15)5-4-6-16-17(21)20(12-11-19-23)18(22)25-16/h6-10H,2-5,11-13H2,1H3/b16-6-. The van der Waals surface area contributed by atoms with Gasteiger partial charge in [0.2, 0.25) is 0 Å². The quantitative estimate of drug-likeness (QED) is 0.355. The van der Waals surface area contributed by atoms with Crippen molar-refractivity contribution in [3.05, 3.63) is 45.7 Å². The fourth-order valence-electron chi connectivity index (χ4n) is 2.33. The van der Waals surface area contributed by atoms with Crippen LogP contribution in [0.3, 0.4) is 0 Å². The summed E-state index contributed by atoms with van der Waals surface area (Å²) in [6, 6.07) is 7.92. The van der Waals surface area contributed by atoms with Crippen molar-refractivity contribution in [3.63, 3.8) is 0 Å². The number of carbonyl (C=O) groups excluding carboxylic acids is 2. The number of thioether (sulfide) groups is 1. The molecule has 1 aromatic rings. The highest BCUT2D eigenvalue weighted by Crippen LogP contribution is 2.30. The van der Waals surface area contributed by atoms with E-state index in [0.29, 0.717) is 11.3 Å². The number of benzene rings is 1. The highest BCUT2D eigenvalue weighted by atomic mass is 32.2. The lowest BCUT2D eigenvalue weighted by Crippen LogP contribution is -2.30. The molecule has 0 atom stereocenters. The summed E-state index contributed by atoms with van der Waals surface area (Å²) in [6.07, 6.45) is 5.37. The first-order valence-corrected chi connectivity index (χ1v) is 9.22. The zero-order chi connectivity index (χ0) is 18.1. The minimum atomic E-state index is -0.339. The third-order valence-electron chi connectivity index (χ3n) is 3.74. The summed E-state index contributed by atoms with van der Waals surface area (Å²) >= 11 is 0.916. The second-order valence-corrected chi connectivity index (χ2v) is 6.62. The van der Waals surface area contributed by atoms with E-state index in [1.165, 1.54) is 0 Å². The molecule has 25 heavy (non-hydrogen) atoms. The topological polar surface area (TPSA) is 76.0 Å². The molecule has 6 nitrogen and oxygen atoms in total. The van der Waals surface area contributed by atoms with E-state index in [1.807, 2.05) is 24.3 Å². The molecule has 0 aromatic heterocycles. The lowest BCUT2D eigenvalue weighted by molar-refractivity contribution is -0.122.